The second-order valence-corrected chi connectivity index (χ2v) is 13.0. The van der Waals surface area contributed by atoms with Crippen LogP contribution >= 0.6 is 0 Å². The van der Waals surface area contributed by atoms with Gasteiger partial charge in [0.2, 0.25) is 0 Å². The van der Waals surface area contributed by atoms with Crippen molar-refractivity contribution in [3.05, 3.63) is 120 Å². The highest BCUT2D eigenvalue weighted by Gasteiger charge is 2.58. The summed E-state index contributed by atoms with van der Waals surface area (Å²) in [5.74, 6) is -1.40. The molecule has 0 N–H and O–H groups in total. The summed E-state index contributed by atoms with van der Waals surface area (Å²) in [6.07, 6.45) is -5.51. The van der Waals surface area contributed by atoms with Gasteiger partial charge >= 0.3 is 5.97 Å². The average molecular weight is 675 g/mol. The highest BCUT2D eigenvalue weighted by atomic mass is 16.8. The van der Waals surface area contributed by atoms with E-state index in [-0.39, 0.29) is 25.9 Å². The Morgan fingerprint density at radius 3 is 1.86 bits per heavy atom. The number of carbonyl (C=O) groups excluding carboxylic acids is 1. The Hall–Kier alpha value is -3.45. The molecule has 6 rings (SSSR count). The van der Waals surface area contributed by atoms with E-state index in [4.69, 9.17) is 42.6 Å². The number of fused-ring (bicyclic) bond motifs is 1. The number of rotatable bonds is 13. The molecule has 10 nitrogen and oxygen atoms in total. The minimum atomic E-state index is -1.05. The zero-order valence-electron chi connectivity index (χ0n) is 28.4. The predicted molar refractivity (Wildman–Crippen MR) is 179 cm³/mol. The van der Waals surface area contributed by atoms with Crippen LogP contribution in [0.15, 0.2) is 104 Å². The van der Waals surface area contributed by atoms with Gasteiger partial charge in [0, 0.05) is 0 Å². The van der Waals surface area contributed by atoms with Gasteiger partial charge in [0.05, 0.1) is 37.6 Å². The Morgan fingerprint density at radius 2 is 1.24 bits per heavy atom. The molecule has 0 unspecified atom stereocenters. The van der Waals surface area contributed by atoms with Crippen molar-refractivity contribution in [2.24, 2.45) is 0 Å². The molecule has 0 spiro atoms. The molecule has 3 heterocycles. The molecule has 10 heteroatoms. The van der Waals surface area contributed by atoms with Crippen molar-refractivity contribution in [1.82, 2.24) is 0 Å². The van der Waals surface area contributed by atoms with Crippen molar-refractivity contribution in [2.75, 3.05) is 6.61 Å². The fourth-order valence-corrected chi connectivity index (χ4v) is 6.47. The Bertz CT molecular complexity index is 1490. The molecule has 0 aromatic heterocycles. The van der Waals surface area contributed by atoms with Gasteiger partial charge < -0.3 is 42.6 Å². The molecular formula is C39H46O10. The van der Waals surface area contributed by atoms with Crippen LogP contribution in [0.25, 0.3) is 0 Å². The quantitative estimate of drug-likeness (QED) is 0.159. The Kier molecular flexibility index (Phi) is 11.6. The molecule has 3 fully saturated rings. The first-order valence-corrected chi connectivity index (χ1v) is 16.8. The van der Waals surface area contributed by atoms with Crippen molar-refractivity contribution in [2.45, 2.75) is 108 Å². The summed E-state index contributed by atoms with van der Waals surface area (Å²) in [6, 6.07) is 28.4. The van der Waals surface area contributed by atoms with Crippen molar-refractivity contribution in [3.8, 4) is 0 Å². The van der Waals surface area contributed by atoms with Gasteiger partial charge in [0.15, 0.2) is 24.5 Å². The number of benzene rings is 3. The minimum Gasteiger partial charge on any atom is -0.453 e. The molecule has 3 aliphatic rings. The highest BCUT2D eigenvalue weighted by molar-refractivity contribution is 5.89. The first-order chi connectivity index (χ1) is 23.7. The number of hydrogen-bond acceptors (Lipinski definition) is 10. The van der Waals surface area contributed by atoms with Gasteiger partial charge in [-0.05, 0) is 51.0 Å². The summed E-state index contributed by atoms with van der Waals surface area (Å²) < 4.78 is 57.8. The molecule has 3 saturated heterocycles. The van der Waals surface area contributed by atoms with Gasteiger partial charge in [-0.15, -0.1) is 6.58 Å². The van der Waals surface area contributed by atoms with Crippen LogP contribution in [0, 0.1) is 0 Å². The molecule has 262 valence electrons. The topological polar surface area (TPSA) is 100 Å². The predicted octanol–water partition coefficient (Wildman–Crippen LogP) is 5.98. The maximum atomic E-state index is 13.7. The monoisotopic (exact) mass is 674 g/mol. The van der Waals surface area contributed by atoms with E-state index in [1.165, 1.54) is 0 Å². The zero-order chi connectivity index (χ0) is 34.4. The summed E-state index contributed by atoms with van der Waals surface area (Å²) >= 11 is 0. The van der Waals surface area contributed by atoms with E-state index in [0.29, 0.717) is 5.56 Å². The second-order valence-electron chi connectivity index (χ2n) is 13.0. The van der Waals surface area contributed by atoms with Crippen LogP contribution in [0.1, 0.15) is 49.2 Å². The van der Waals surface area contributed by atoms with E-state index in [9.17, 15) is 4.79 Å². The number of carbonyl (C=O) groups is 1. The lowest BCUT2D eigenvalue weighted by atomic mass is 9.97. The Labute approximate surface area is 288 Å². The van der Waals surface area contributed by atoms with Gasteiger partial charge in [-0.25, -0.2) is 4.79 Å². The molecule has 0 aliphatic carbocycles. The van der Waals surface area contributed by atoms with Crippen LogP contribution in [-0.2, 0) is 55.8 Å². The average Bonchev–Trinajstić information content (AvgIpc) is 3.45. The third-order valence-electron chi connectivity index (χ3n) is 8.79. The summed E-state index contributed by atoms with van der Waals surface area (Å²) in [7, 11) is 0. The smallest absolute Gasteiger partial charge is 0.338 e. The molecular weight excluding hydrogens is 628 g/mol. The largest absolute Gasteiger partial charge is 0.453 e. The SMILES string of the molecule is C=CCO[C@@H]1O[C@@H](C)[C@H]2OC(C)(C)O[C@H]2[C@@H]1O[C@@H]1O[C@@H](C)[C@@H](OCc2ccccc2)[C@@H](OC(=O)c2ccccc2)[C@@H]1OCc1ccccc1. The minimum absolute atomic E-state index is 0.196. The van der Waals surface area contributed by atoms with E-state index >= 15 is 0 Å². The number of hydrogen-bond donors (Lipinski definition) is 0. The Morgan fingerprint density at radius 1 is 0.694 bits per heavy atom. The van der Waals surface area contributed by atoms with Crippen LogP contribution in [0.2, 0.25) is 0 Å². The molecule has 3 aromatic rings. The number of ether oxygens (including phenoxy) is 9. The lowest BCUT2D eigenvalue weighted by Crippen LogP contribution is -2.64. The molecule has 0 saturated carbocycles. The second kappa shape index (κ2) is 16.1. The molecule has 3 aliphatic heterocycles. The lowest BCUT2D eigenvalue weighted by Gasteiger charge is -2.47. The molecule has 49 heavy (non-hydrogen) atoms. The van der Waals surface area contributed by atoms with Gasteiger partial charge in [-0.2, -0.15) is 0 Å². The molecule has 10 atom stereocenters. The van der Waals surface area contributed by atoms with Crippen molar-refractivity contribution in [1.29, 1.82) is 0 Å². The fraction of sp³-hybridized carbons (Fsp3) is 0.462. The van der Waals surface area contributed by atoms with Gasteiger partial charge in [-0.3, -0.25) is 0 Å². The van der Waals surface area contributed by atoms with E-state index in [2.05, 4.69) is 6.58 Å². The van der Waals surface area contributed by atoms with E-state index in [1.807, 2.05) is 94.4 Å². The van der Waals surface area contributed by atoms with Crippen molar-refractivity contribution >= 4 is 5.97 Å². The Balaban J connectivity index is 1.34. The molecule has 0 radical (unpaired) electrons. The fourth-order valence-electron chi connectivity index (χ4n) is 6.47. The van der Waals surface area contributed by atoms with Crippen LogP contribution in [0.3, 0.4) is 0 Å². The van der Waals surface area contributed by atoms with Crippen molar-refractivity contribution in [3.63, 3.8) is 0 Å². The maximum absolute atomic E-state index is 13.7. The van der Waals surface area contributed by atoms with Crippen molar-refractivity contribution < 1.29 is 47.4 Å². The van der Waals surface area contributed by atoms with Gasteiger partial charge in [-0.1, -0.05) is 84.9 Å². The normalized spacial score (nSPS) is 32.2. The summed E-state index contributed by atoms with van der Waals surface area (Å²) in [4.78, 5) is 13.7. The summed E-state index contributed by atoms with van der Waals surface area (Å²) in [6.45, 7) is 12.0. The third-order valence-corrected chi connectivity index (χ3v) is 8.79. The molecule has 3 aromatic carbocycles. The van der Waals surface area contributed by atoms with Crippen LogP contribution in [0.5, 0.6) is 0 Å². The van der Waals surface area contributed by atoms with E-state index in [0.717, 1.165) is 11.1 Å². The van der Waals surface area contributed by atoms with E-state index in [1.54, 1.807) is 30.3 Å². The summed E-state index contributed by atoms with van der Waals surface area (Å²) in [5, 5.41) is 0. The van der Waals surface area contributed by atoms with Crippen LogP contribution < -0.4 is 0 Å². The third kappa shape index (κ3) is 8.65. The molecule has 0 bridgehead atoms. The first-order valence-electron chi connectivity index (χ1n) is 16.8. The highest BCUT2D eigenvalue weighted by Crippen LogP contribution is 2.41. The zero-order valence-corrected chi connectivity index (χ0v) is 28.4. The summed E-state index contributed by atoms with van der Waals surface area (Å²) in [5.41, 5.74) is 2.29. The van der Waals surface area contributed by atoms with Crippen LogP contribution in [0.4, 0.5) is 0 Å². The van der Waals surface area contributed by atoms with Crippen LogP contribution in [-0.4, -0.2) is 79.8 Å². The van der Waals surface area contributed by atoms with Gasteiger partial charge in [0.25, 0.3) is 0 Å². The van der Waals surface area contributed by atoms with E-state index < -0.39 is 67.1 Å². The first kappa shape index (κ1) is 35.4. The standard InChI is InChI=1S/C39H46O10/c1-6-22-41-37-35(33-31(26(3)44-37)48-39(4,5)49-33)47-38-34(43-24-28-18-12-8-13-19-28)32(46-36(40)29-20-14-9-15-21-29)30(25(2)45-38)42-23-27-16-10-7-11-17-27/h6-21,25-26,30-35,37-38H,1,22-24H2,2-5H3/t25-,26-,30+,31+,32+,33+,34-,35-,37+,38-/m0/s1. The maximum Gasteiger partial charge on any atom is 0.338 e. The van der Waals surface area contributed by atoms with Gasteiger partial charge in [0.1, 0.15) is 30.5 Å². The lowest BCUT2D eigenvalue weighted by molar-refractivity contribution is -0.360. The molecule has 0 amide bonds. The number of esters is 1.